The Morgan fingerprint density at radius 1 is 1.22 bits per heavy atom. The van der Waals surface area contributed by atoms with Crippen LogP contribution in [0.25, 0.3) is 0 Å². The highest BCUT2D eigenvalue weighted by molar-refractivity contribution is 8.03. The van der Waals surface area contributed by atoms with Gasteiger partial charge in [0, 0.05) is 49.4 Å². The maximum absolute atomic E-state index is 13.7. The summed E-state index contributed by atoms with van der Waals surface area (Å²) in [4.78, 5) is 18.5. The van der Waals surface area contributed by atoms with Gasteiger partial charge in [-0.1, -0.05) is 12.1 Å². The van der Waals surface area contributed by atoms with Crippen LogP contribution >= 0.6 is 11.8 Å². The normalized spacial score (nSPS) is 13.4. The first kappa shape index (κ1) is 31.1. The lowest BCUT2D eigenvalue weighted by atomic mass is 10.2. The van der Waals surface area contributed by atoms with Gasteiger partial charge in [0.25, 0.3) is 0 Å². The number of halogens is 1. The molecule has 9 heteroatoms. The zero-order valence-electron chi connectivity index (χ0n) is 21.3. The maximum Gasteiger partial charge on any atom is 0.150 e. The van der Waals surface area contributed by atoms with Gasteiger partial charge in [0.1, 0.15) is 17.9 Å². The lowest BCUT2D eigenvalue weighted by Crippen LogP contribution is -2.44. The predicted molar refractivity (Wildman–Crippen MR) is 152 cm³/mol. The number of nitrogens with one attached hydrogen (secondary N) is 4. The molecule has 0 aliphatic carbocycles. The van der Waals surface area contributed by atoms with E-state index in [0.29, 0.717) is 30.0 Å². The molecule has 2 aromatic rings. The molecule has 0 atom stereocenters. The lowest BCUT2D eigenvalue weighted by Gasteiger charge is -2.26. The zero-order valence-corrected chi connectivity index (χ0v) is 22.1. The SMILES string of the molecule is C#C.C/C=C(/CNc1cc(C=O)ccc1F)SCNc1ccccn1.CNCCCN1CCNCC1. The van der Waals surface area contributed by atoms with Crippen molar-refractivity contribution in [2.75, 3.05) is 69.4 Å². The van der Waals surface area contributed by atoms with Crippen LogP contribution in [-0.4, -0.2) is 74.9 Å². The third-order valence-electron chi connectivity index (χ3n) is 5.19. The number of piperazine rings is 1. The van der Waals surface area contributed by atoms with Gasteiger partial charge in [0.15, 0.2) is 0 Å². The number of hydrogen-bond donors (Lipinski definition) is 4. The van der Waals surface area contributed by atoms with Crippen molar-refractivity contribution in [3.63, 3.8) is 0 Å². The number of thioether (sulfide) groups is 1. The van der Waals surface area contributed by atoms with Gasteiger partial charge in [0.05, 0.1) is 11.6 Å². The number of benzene rings is 1. The highest BCUT2D eigenvalue weighted by Gasteiger charge is 2.07. The second kappa shape index (κ2) is 20.3. The summed E-state index contributed by atoms with van der Waals surface area (Å²) in [6, 6.07) is 9.93. The number of hydrogen-bond acceptors (Lipinski definition) is 8. The molecule has 1 aromatic heterocycles. The first-order chi connectivity index (χ1) is 17.7. The van der Waals surface area contributed by atoms with Crippen molar-refractivity contribution in [3.05, 3.63) is 65.0 Å². The fraction of sp³-hybridized carbons (Fsp3) is 0.407. The number of pyridine rings is 1. The number of aromatic nitrogens is 1. The minimum absolute atomic E-state index is 0.326. The molecule has 36 heavy (non-hydrogen) atoms. The van der Waals surface area contributed by atoms with Crippen LogP contribution in [0.5, 0.6) is 0 Å². The summed E-state index contributed by atoms with van der Waals surface area (Å²) in [6.45, 7) is 9.60. The minimum atomic E-state index is -0.373. The molecule has 0 bridgehead atoms. The van der Waals surface area contributed by atoms with E-state index in [1.807, 2.05) is 38.2 Å². The van der Waals surface area contributed by atoms with Crippen molar-refractivity contribution in [3.8, 4) is 12.8 Å². The molecule has 0 amide bonds. The number of carbonyl (C=O) groups excluding carboxylic acids is 1. The Labute approximate surface area is 219 Å². The van der Waals surface area contributed by atoms with Crippen molar-refractivity contribution in [1.29, 1.82) is 0 Å². The van der Waals surface area contributed by atoms with E-state index < -0.39 is 0 Å². The van der Waals surface area contributed by atoms with Gasteiger partial charge >= 0.3 is 0 Å². The number of aldehydes is 1. The molecule has 1 aromatic carbocycles. The fourth-order valence-corrected chi connectivity index (χ4v) is 4.00. The van der Waals surface area contributed by atoms with E-state index in [0.717, 1.165) is 17.3 Å². The molecule has 3 rings (SSSR count). The van der Waals surface area contributed by atoms with Gasteiger partial charge in [-0.05, 0) is 63.8 Å². The number of allylic oxidation sites excluding steroid dienone is 1. The average Bonchev–Trinajstić information content (AvgIpc) is 2.94. The molecule has 0 spiro atoms. The Balaban J connectivity index is 0.000000417. The van der Waals surface area contributed by atoms with E-state index in [9.17, 15) is 9.18 Å². The van der Waals surface area contributed by atoms with Crippen LogP contribution in [0.2, 0.25) is 0 Å². The van der Waals surface area contributed by atoms with Crippen molar-refractivity contribution in [2.24, 2.45) is 0 Å². The second-order valence-electron chi connectivity index (χ2n) is 7.69. The minimum Gasteiger partial charge on any atom is -0.378 e. The van der Waals surface area contributed by atoms with Crippen LogP contribution in [0.1, 0.15) is 23.7 Å². The van der Waals surface area contributed by atoms with Crippen LogP contribution in [0.4, 0.5) is 15.9 Å². The second-order valence-corrected chi connectivity index (χ2v) is 8.80. The third-order valence-corrected chi connectivity index (χ3v) is 6.23. The predicted octanol–water partition coefficient (Wildman–Crippen LogP) is 3.90. The Hall–Kier alpha value is -2.90. The monoisotopic (exact) mass is 514 g/mol. The third kappa shape index (κ3) is 13.3. The summed E-state index contributed by atoms with van der Waals surface area (Å²) >= 11 is 1.61. The van der Waals surface area contributed by atoms with E-state index in [4.69, 9.17) is 0 Å². The van der Waals surface area contributed by atoms with Crippen molar-refractivity contribution >= 4 is 29.6 Å². The van der Waals surface area contributed by atoms with Gasteiger partial charge in [-0.2, -0.15) is 0 Å². The summed E-state index contributed by atoms with van der Waals surface area (Å²) in [5.41, 5.74) is 0.771. The Morgan fingerprint density at radius 3 is 2.64 bits per heavy atom. The first-order valence-corrected chi connectivity index (χ1v) is 13.0. The summed E-state index contributed by atoms with van der Waals surface area (Å²) < 4.78 is 13.7. The van der Waals surface area contributed by atoms with E-state index in [1.54, 1.807) is 18.0 Å². The topological polar surface area (TPSA) is 81.3 Å². The number of carbonyl (C=O) groups is 1. The standard InChI is InChI=1S/C17H18FN3OS.C8H19N3.C2H2/c1-2-14(23-12-21-17-5-3-4-8-19-17)10-20-16-9-13(11-22)6-7-15(16)18;1-9-3-2-6-11-7-4-10-5-8-11;1-2/h2-9,11,20H,10,12H2,1H3,(H,19,21);9-10H,2-8H2,1H3;1-2H/b14-2-;;. The van der Waals surface area contributed by atoms with Gasteiger partial charge in [-0.3, -0.25) is 4.79 Å². The zero-order chi connectivity index (χ0) is 26.4. The van der Waals surface area contributed by atoms with Crippen molar-refractivity contribution in [1.82, 2.24) is 20.5 Å². The molecule has 7 nitrogen and oxygen atoms in total. The smallest absolute Gasteiger partial charge is 0.150 e. The van der Waals surface area contributed by atoms with Crippen LogP contribution in [-0.2, 0) is 0 Å². The molecule has 1 saturated heterocycles. The Kier molecular flexibility index (Phi) is 17.6. The molecule has 2 heterocycles. The summed E-state index contributed by atoms with van der Waals surface area (Å²) in [7, 11) is 2.01. The quantitative estimate of drug-likeness (QED) is 0.147. The van der Waals surface area contributed by atoms with Crippen LogP contribution in [0.3, 0.4) is 0 Å². The highest BCUT2D eigenvalue weighted by Crippen LogP contribution is 2.20. The van der Waals surface area contributed by atoms with E-state index in [1.165, 1.54) is 57.3 Å². The molecular formula is C27H39FN6OS. The summed E-state index contributed by atoms with van der Waals surface area (Å²) in [6.07, 6.45) is 13.7. The summed E-state index contributed by atoms with van der Waals surface area (Å²) in [5.74, 6) is 1.10. The Bertz CT molecular complexity index is 904. The molecule has 4 N–H and O–H groups in total. The van der Waals surface area contributed by atoms with Crippen LogP contribution in [0.15, 0.2) is 53.6 Å². The number of rotatable bonds is 12. The van der Waals surface area contributed by atoms with E-state index in [-0.39, 0.29) is 5.82 Å². The number of terminal acetylenes is 1. The fourth-order valence-electron chi connectivity index (χ4n) is 3.25. The molecule has 1 fully saturated rings. The van der Waals surface area contributed by atoms with Crippen LogP contribution < -0.4 is 21.3 Å². The largest absolute Gasteiger partial charge is 0.378 e. The summed E-state index contributed by atoms with van der Waals surface area (Å²) in [5, 5.41) is 12.7. The van der Waals surface area contributed by atoms with Gasteiger partial charge in [-0.15, -0.1) is 24.6 Å². The molecule has 196 valence electrons. The Morgan fingerprint density at radius 2 is 2.00 bits per heavy atom. The van der Waals surface area contributed by atoms with E-state index >= 15 is 0 Å². The molecule has 0 radical (unpaired) electrons. The molecule has 1 aliphatic heterocycles. The van der Waals surface area contributed by atoms with Gasteiger partial charge < -0.3 is 26.2 Å². The lowest BCUT2D eigenvalue weighted by molar-refractivity contribution is 0.112. The average molecular weight is 515 g/mol. The number of nitrogens with zero attached hydrogens (tertiary/aromatic N) is 2. The molecular weight excluding hydrogens is 475 g/mol. The molecule has 0 saturated carbocycles. The van der Waals surface area contributed by atoms with Gasteiger partial charge in [-0.25, -0.2) is 9.37 Å². The molecule has 0 unspecified atom stereocenters. The number of anilines is 2. The van der Waals surface area contributed by atoms with Crippen LogP contribution in [0, 0.1) is 18.7 Å². The van der Waals surface area contributed by atoms with Gasteiger partial charge in [0.2, 0.25) is 0 Å². The maximum atomic E-state index is 13.7. The molecule has 1 aliphatic rings. The van der Waals surface area contributed by atoms with E-state index in [2.05, 4.69) is 44.0 Å². The first-order valence-electron chi connectivity index (χ1n) is 12.0. The van der Waals surface area contributed by atoms with Crippen molar-refractivity contribution in [2.45, 2.75) is 13.3 Å². The van der Waals surface area contributed by atoms with Crippen molar-refractivity contribution < 1.29 is 9.18 Å². The highest BCUT2D eigenvalue weighted by atomic mass is 32.2.